The molecule has 0 fully saturated rings. The summed E-state index contributed by atoms with van der Waals surface area (Å²) >= 11 is 0. The molecule has 0 aliphatic carbocycles. The lowest BCUT2D eigenvalue weighted by molar-refractivity contribution is 0.572. The molecular formula is C14H24N2O2S. The van der Waals surface area contributed by atoms with E-state index in [1.165, 1.54) is 0 Å². The standard InChI is InChI=1S/C14H24N2O2S/c1-4-5-6-7-8-16-19(17,18)14-11(2)9-13(15)10-12(14)3/h9-10,16H,4-8,15H2,1-3H3. The first-order valence-electron chi connectivity index (χ1n) is 6.75. The molecule has 0 spiro atoms. The predicted octanol–water partition coefficient (Wildman–Crippen LogP) is 2.74. The van der Waals surface area contributed by atoms with E-state index in [-0.39, 0.29) is 0 Å². The van der Waals surface area contributed by atoms with Crippen LogP contribution in [0.4, 0.5) is 5.69 Å². The van der Waals surface area contributed by atoms with Crippen LogP contribution in [0.1, 0.15) is 43.7 Å². The van der Waals surface area contributed by atoms with Crippen molar-refractivity contribution < 1.29 is 8.42 Å². The number of unbranched alkanes of at least 4 members (excludes halogenated alkanes) is 3. The number of nitrogens with one attached hydrogen (secondary N) is 1. The average molecular weight is 284 g/mol. The lowest BCUT2D eigenvalue weighted by Crippen LogP contribution is -2.26. The highest BCUT2D eigenvalue weighted by Crippen LogP contribution is 2.22. The monoisotopic (exact) mass is 284 g/mol. The minimum Gasteiger partial charge on any atom is -0.399 e. The second-order valence-electron chi connectivity index (χ2n) is 4.94. The number of aryl methyl sites for hydroxylation is 2. The summed E-state index contributed by atoms with van der Waals surface area (Å²) in [5, 5.41) is 0. The molecule has 3 N–H and O–H groups in total. The van der Waals surface area contributed by atoms with Gasteiger partial charge in [-0.1, -0.05) is 26.2 Å². The van der Waals surface area contributed by atoms with E-state index in [1.807, 2.05) is 0 Å². The van der Waals surface area contributed by atoms with Gasteiger partial charge < -0.3 is 5.73 Å². The first kappa shape index (κ1) is 16.0. The van der Waals surface area contributed by atoms with Crippen molar-refractivity contribution in [1.82, 2.24) is 4.72 Å². The first-order chi connectivity index (χ1) is 8.88. The first-order valence-corrected chi connectivity index (χ1v) is 8.23. The molecule has 0 atom stereocenters. The third-order valence-corrected chi connectivity index (χ3v) is 4.84. The molecule has 1 aromatic carbocycles. The summed E-state index contributed by atoms with van der Waals surface area (Å²) in [5.41, 5.74) is 7.69. The average Bonchev–Trinajstić information content (AvgIpc) is 2.26. The Balaban J connectivity index is 2.78. The fraction of sp³-hybridized carbons (Fsp3) is 0.571. The number of hydrogen-bond acceptors (Lipinski definition) is 3. The Kier molecular flexibility index (Phi) is 5.82. The number of nitrogen functional groups attached to an aromatic ring is 1. The quantitative estimate of drug-likeness (QED) is 0.597. The molecule has 5 heteroatoms. The molecule has 1 rings (SSSR count). The van der Waals surface area contributed by atoms with Crippen molar-refractivity contribution in [1.29, 1.82) is 0 Å². The van der Waals surface area contributed by atoms with Crippen LogP contribution in [0, 0.1) is 13.8 Å². The van der Waals surface area contributed by atoms with Crippen LogP contribution in [0.2, 0.25) is 0 Å². The number of nitrogens with two attached hydrogens (primary N) is 1. The van der Waals surface area contributed by atoms with E-state index in [1.54, 1.807) is 26.0 Å². The van der Waals surface area contributed by atoms with Crippen LogP contribution in [0.15, 0.2) is 17.0 Å². The van der Waals surface area contributed by atoms with Gasteiger partial charge in [0, 0.05) is 12.2 Å². The van der Waals surface area contributed by atoms with Crippen molar-refractivity contribution in [2.45, 2.75) is 51.3 Å². The van der Waals surface area contributed by atoms with Gasteiger partial charge in [-0.05, 0) is 43.5 Å². The van der Waals surface area contributed by atoms with Crippen molar-refractivity contribution in [3.63, 3.8) is 0 Å². The largest absolute Gasteiger partial charge is 0.399 e. The number of hydrogen-bond donors (Lipinski definition) is 2. The van der Waals surface area contributed by atoms with Crippen molar-refractivity contribution in [2.75, 3.05) is 12.3 Å². The van der Waals surface area contributed by atoms with Crippen LogP contribution in [-0.4, -0.2) is 15.0 Å². The molecule has 108 valence electrons. The third kappa shape index (κ3) is 4.51. The van der Waals surface area contributed by atoms with E-state index in [2.05, 4.69) is 11.6 Å². The zero-order valence-corrected chi connectivity index (χ0v) is 12.8. The fourth-order valence-corrected chi connectivity index (χ4v) is 3.76. The molecule has 1 aromatic rings. The van der Waals surface area contributed by atoms with E-state index in [9.17, 15) is 8.42 Å². The zero-order valence-electron chi connectivity index (χ0n) is 12.0. The van der Waals surface area contributed by atoms with E-state index >= 15 is 0 Å². The van der Waals surface area contributed by atoms with Crippen LogP contribution in [0.3, 0.4) is 0 Å². The summed E-state index contributed by atoms with van der Waals surface area (Å²) in [7, 11) is -3.43. The molecule has 4 nitrogen and oxygen atoms in total. The minimum absolute atomic E-state index is 0.359. The van der Waals surface area contributed by atoms with Crippen LogP contribution in [0.25, 0.3) is 0 Å². The SMILES string of the molecule is CCCCCCNS(=O)(=O)c1c(C)cc(N)cc1C. The Morgan fingerprint density at radius 2 is 1.68 bits per heavy atom. The summed E-state index contributed by atoms with van der Waals surface area (Å²) in [6.07, 6.45) is 4.21. The zero-order chi connectivity index (χ0) is 14.5. The lowest BCUT2D eigenvalue weighted by atomic mass is 10.1. The predicted molar refractivity (Wildman–Crippen MR) is 79.7 cm³/mol. The summed E-state index contributed by atoms with van der Waals surface area (Å²) in [5.74, 6) is 0. The second-order valence-corrected chi connectivity index (χ2v) is 6.65. The molecular weight excluding hydrogens is 260 g/mol. The highest BCUT2D eigenvalue weighted by molar-refractivity contribution is 7.89. The molecule has 0 saturated carbocycles. The van der Waals surface area contributed by atoms with Gasteiger partial charge in [-0.3, -0.25) is 0 Å². The normalized spacial score (nSPS) is 11.7. The molecule has 0 unspecified atom stereocenters. The molecule has 19 heavy (non-hydrogen) atoms. The van der Waals surface area contributed by atoms with Gasteiger partial charge in [0.2, 0.25) is 10.0 Å². The van der Waals surface area contributed by atoms with Gasteiger partial charge in [-0.25, -0.2) is 13.1 Å². The van der Waals surface area contributed by atoms with Gasteiger partial charge in [0.05, 0.1) is 4.90 Å². The van der Waals surface area contributed by atoms with Gasteiger partial charge in [-0.15, -0.1) is 0 Å². The van der Waals surface area contributed by atoms with E-state index in [0.717, 1.165) is 25.7 Å². The number of rotatable bonds is 7. The maximum Gasteiger partial charge on any atom is 0.241 e. The van der Waals surface area contributed by atoms with Crippen molar-refractivity contribution in [3.05, 3.63) is 23.3 Å². The maximum absolute atomic E-state index is 12.3. The molecule has 0 aromatic heterocycles. The topological polar surface area (TPSA) is 72.2 Å². The summed E-state index contributed by atoms with van der Waals surface area (Å²) < 4.78 is 27.2. The second kappa shape index (κ2) is 6.91. The Morgan fingerprint density at radius 1 is 1.11 bits per heavy atom. The summed E-state index contributed by atoms with van der Waals surface area (Å²) in [6.45, 7) is 6.17. The Hall–Kier alpha value is -1.07. The lowest BCUT2D eigenvalue weighted by Gasteiger charge is -2.12. The highest BCUT2D eigenvalue weighted by Gasteiger charge is 2.19. The number of anilines is 1. The van der Waals surface area contributed by atoms with Crippen molar-refractivity contribution >= 4 is 15.7 Å². The van der Waals surface area contributed by atoms with Crippen molar-refractivity contribution in [2.24, 2.45) is 0 Å². The fourth-order valence-electron chi connectivity index (χ4n) is 2.24. The molecule has 0 amide bonds. The Labute approximate surface area is 116 Å². The molecule has 0 aliphatic rings. The van der Waals surface area contributed by atoms with Crippen molar-refractivity contribution in [3.8, 4) is 0 Å². The van der Waals surface area contributed by atoms with Gasteiger partial charge in [0.25, 0.3) is 0 Å². The number of sulfonamides is 1. The van der Waals surface area contributed by atoms with Gasteiger partial charge in [0.1, 0.15) is 0 Å². The molecule has 0 aliphatic heterocycles. The summed E-state index contributed by atoms with van der Waals surface area (Å²) in [6, 6.07) is 3.39. The Bertz CT molecular complexity index is 501. The maximum atomic E-state index is 12.3. The van der Waals surface area contributed by atoms with Crippen LogP contribution in [0.5, 0.6) is 0 Å². The molecule has 0 bridgehead atoms. The number of benzene rings is 1. The van der Waals surface area contributed by atoms with Crippen LogP contribution in [-0.2, 0) is 10.0 Å². The van der Waals surface area contributed by atoms with Gasteiger partial charge in [-0.2, -0.15) is 0 Å². The van der Waals surface area contributed by atoms with Gasteiger partial charge in [0.15, 0.2) is 0 Å². The minimum atomic E-state index is -3.43. The van der Waals surface area contributed by atoms with Crippen LogP contribution < -0.4 is 10.5 Å². The molecule has 0 saturated heterocycles. The summed E-state index contributed by atoms with van der Waals surface area (Å²) in [4.78, 5) is 0.359. The smallest absolute Gasteiger partial charge is 0.241 e. The van der Waals surface area contributed by atoms with Gasteiger partial charge >= 0.3 is 0 Å². The van der Waals surface area contributed by atoms with E-state index in [4.69, 9.17) is 5.73 Å². The van der Waals surface area contributed by atoms with E-state index < -0.39 is 10.0 Å². The van der Waals surface area contributed by atoms with Crippen LogP contribution >= 0.6 is 0 Å². The molecule has 0 radical (unpaired) electrons. The third-order valence-electron chi connectivity index (χ3n) is 3.07. The highest BCUT2D eigenvalue weighted by atomic mass is 32.2. The van der Waals surface area contributed by atoms with E-state index in [0.29, 0.717) is 28.3 Å². The Morgan fingerprint density at radius 3 is 2.21 bits per heavy atom. The molecule has 0 heterocycles.